The lowest BCUT2D eigenvalue weighted by molar-refractivity contribution is -0.117. The smallest absolute Gasteiger partial charge is 0.414 e. The Bertz CT molecular complexity index is 1130. The van der Waals surface area contributed by atoms with Crippen molar-refractivity contribution in [1.29, 1.82) is 0 Å². The number of carbonyl (C=O) groups is 2. The molecule has 2 aromatic carbocycles. The number of rotatable bonds is 5. The van der Waals surface area contributed by atoms with Crippen molar-refractivity contribution < 1.29 is 22.7 Å². The maximum atomic E-state index is 12.8. The normalized spacial score (nSPS) is 16.0. The van der Waals surface area contributed by atoms with E-state index >= 15 is 0 Å². The highest BCUT2D eigenvalue weighted by atomic mass is 32.2. The first kappa shape index (κ1) is 23.6. The number of hydrogen-bond acceptors (Lipinski definition) is 5. The molecule has 0 bridgehead atoms. The Hall–Kier alpha value is -3.07. The van der Waals surface area contributed by atoms with E-state index in [4.69, 9.17) is 4.74 Å². The third-order valence-electron chi connectivity index (χ3n) is 5.16. The van der Waals surface area contributed by atoms with Gasteiger partial charge in [0.1, 0.15) is 0 Å². The number of sulfonamides is 1. The van der Waals surface area contributed by atoms with Crippen LogP contribution in [0.15, 0.2) is 42.5 Å². The van der Waals surface area contributed by atoms with Crippen LogP contribution in [0.5, 0.6) is 0 Å². The van der Waals surface area contributed by atoms with E-state index in [-0.39, 0.29) is 23.8 Å². The van der Waals surface area contributed by atoms with E-state index < -0.39 is 16.1 Å². The molecule has 0 radical (unpaired) electrons. The van der Waals surface area contributed by atoms with Crippen molar-refractivity contribution in [2.45, 2.75) is 46.8 Å². The summed E-state index contributed by atoms with van der Waals surface area (Å²) < 4.78 is 31.9. The first-order valence-electron chi connectivity index (χ1n) is 10.5. The number of anilines is 3. The predicted octanol–water partition coefficient (Wildman–Crippen LogP) is 4.22. The van der Waals surface area contributed by atoms with Gasteiger partial charge in [0.2, 0.25) is 15.9 Å². The minimum absolute atomic E-state index is 0.0257. The molecule has 0 aromatic heterocycles. The van der Waals surface area contributed by atoms with Gasteiger partial charge in [0.25, 0.3) is 0 Å². The van der Waals surface area contributed by atoms with E-state index in [1.807, 2.05) is 25.1 Å². The van der Waals surface area contributed by atoms with E-state index in [2.05, 4.69) is 4.72 Å². The Labute approximate surface area is 189 Å². The van der Waals surface area contributed by atoms with Crippen LogP contribution in [0.4, 0.5) is 21.9 Å². The zero-order valence-corrected chi connectivity index (χ0v) is 19.8. The average molecular weight is 460 g/mol. The molecule has 32 heavy (non-hydrogen) atoms. The summed E-state index contributed by atoms with van der Waals surface area (Å²) in [7, 11) is -3.40. The number of amides is 2. The van der Waals surface area contributed by atoms with Crippen LogP contribution in [-0.2, 0) is 19.6 Å². The number of benzene rings is 2. The van der Waals surface area contributed by atoms with Crippen molar-refractivity contribution in [3.05, 3.63) is 42.5 Å². The second-order valence-corrected chi connectivity index (χ2v) is 10.1. The molecule has 1 aliphatic heterocycles. The second-order valence-electron chi connectivity index (χ2n) is 8.07. The molecule has 1 N–H and O–H groups in total. The molecule has 9 heteroatoms. The summed E-state index contributed by atoms with van der Waals surface area (Å²) in [5.74, 6) is -0.137. The van der Waals surface area contributed by atoms with Crippen molar-refractivity contribution >= 4 is 39.1 Å². The summed E-state index contributed by atoms with van der Waals surface area (Å²) >= 11 is 0. The molecule has 0 fully saturated rings. The van der Waals surface area contributed by atoms with Crippen LogP contribution in [0.3, 0.4) is 0 Å². The van der Waals surface area contributed by atoms with Crippen LogP contribution in [0.25, 0.3) is 11.1 Å². The van der Waals surface area contributed by atoms with Crippen LogP contribution >= 0.6 is 0 Å². The first-order chi connectivity index (χ1) is 15.0. The fourth-order valence-electron chi connectivity index (χ4n) is 3.74. The minimum atomic E-state index is -3.40. The van der Waals surface area contributed by atoms with Gasteiger partial charge in [-0.2, -0.15) is 0 Å². The molecule has 2 aromatic rings. The van der Waals surface area contributed by atoms with Gasteiger partial charge in [-0.25, -0.2) is 13.2 Å². The lowest BCUT2D eigenvalue weighted by Crippen LogP contribution is -2.51. The molecule has 0 saturated carbocycles. The summed E-state index contributed by atoms with van der Waals surface area (Å²) in [6.45, 7) is 8.83. The third kappa shape index (κ3) is 5.04. The van der Waals surface area contributed by atoms with Crippen LogP contribution in [0.1, 0.15) is 34.6 Å². The highest BCUT2D eigenvalue weighted by molar-refractivity contribution is 7.92. The highest BCUT2D eigenvalue weighted by Crippen LogP contribution is 2.39. The molecule has 0 saturated heterocycles. The summed E-state index contributed by atoms with van der Waals surface area (Å²) in [5.41, 5.74) is 3.21. The Kier molecular flexibility index (Phi) is 6.78. The lowest BCUT2D eigenvalue weighted by atomic mass is 10.0. The van der Waals surface area contributed by atoms with Crippen LogP contribution in [-0.4, -0.2) is 44.9 Å². The second kappa shape index (κ2) is 9.20. The molecule has 1 heterocycles. The van der Waals surface area contributed by atoms with Gasteiger partial charge < -0.3 is 9.64 Å². The van der Waals surface area contributed by atoms with Crippen molar-refractivity contribution in [3.63, 3.8) is 0 Å². The highest BCUT2D eigenvalue weighted by Gasteiger charge is 2.34. The van der Waals surface area contributed by atoms with Gasteiger partial charge in [-0.15, -0.1) is 0 Å². The monoisotopic (exact) mass is 459 g/mol. The van der Waals surface area contributed by atoms with Crippen molar-refractivity contribution in [3.8, 4) is 11.1 Å². The quantitative estimate of drug-likeness (QED) is 0.722. The van der Waals surface area contributed by atoms with Gasteiger partial charge in [-0.3, -0.25) is 14.4 Å². The molecule has 3 rings (SSSR count). The minimum Gasteiger partial charge on any atom is -0.446 e. The number of hydrogen-bond donors (Lipinski definition) is 1. The van der Waals surface area contributed by atoms with E-state index in [0.29, 0.717) is 23.6 Å². The fraction of sp³-hybridized carbons (Fsp3) is 0.391. The average Bonchev–Trinajstić information content (AvgIpc) is 2.71. The number of nitrogens with one attached hydrogen (secondary N) is 1. The lowest BCUT2D eigenvalue weighted by Gasteiger charge is -2.40. The van der Waals surface area contributed by atoms with E-state index in [1.54, 1.807) is 54.8 Å². The summed E-state index contributed by atoms with van der Waals surface area (Å²) in [6, 6.07) is 12.3. The van der Waals surface area contributed by atoms with Crippen LogP contribution in [0, 0.1) is 0 Å². The number of fused-ring (bicyclic) bond motifs is 1. The van der Waals surface area contributed by atoms with Crippen molar-refractivity contribution in [1.82, 2.24) is 0 Å². The Balaban J connectivity index is 2.07. The number of ether oxygens (including phenoxy) is 1. The fourth-order valence-corrected chi connectivity index (χ4v) is 4.37. The Morgan fingerprint density at radius 2 is 1.81 bits per heavy atom. The topological polar surface area (TPSA) is 96.0 Å². The molecule has 0 aliphatic carbocycles. The summed E-state index contributed by atoms with van der Waals surface area (Å²) in [6.07, 6.45) is -0.753. The number of carbonyl (C=O) groups excluding carboxylic acids is 2. The predicted molar refractivity (Wildman–Crippen MR) is 127 cm³/mol. The van der Waals surface area contributed by atoms with Crippen LogP contribution < -0.4 is 14.5 Å². The zero-order valence-electron chi connectivity index (χ0n) is 19.0. The standard InChI is InChI=1S/C23H29N3O5S/c1-6-32(29,30)24-20-9-7-8-18(12-20)19-10-11-21-22(13-19)25(23(28)31-15(2)3)14-16(4)26(21)17(5)27/h7-13,15-16,24H,6,14H2,1-5H3. The van der Waals surface area contributed by atoms with E-state index in [1.165, 1.54) is 6.92 Å². The van der Waals surface area contributed by atoms with Gasteiger partial charge in [0, 0.05) is 19.2 Å². The first-order valence-corrected chi connectivity index (χ1v) is 12.2. The number of nitrogens with zero attached hydrogens (tertiary/aromatic N) is 2. The molecule has 2 amide bonds. The SMILES string of the molecule is CCS(=O)(=O)Nc1cccc(-c2ccc3c(c2)N(C(=O)OC(C)C)CC(C)N3C(C)=O)c1. The molecule has 1 unspecified atom stereocenters. The van der Waals surface area contributed by atoms with Crippen molar-refractivity contribution in [2.75, 3.05) is 26.8 Å². The Morgan fingerprint density at radius 1 is 1.12 bits per heavy atom. The maximum absolute atomic E-state index is 12.8. The van der Waals surface area contributed by atoms with Gasteiger partial charge in [0.05, 0.1) is 29.3 Å². The summed E-state index contributed by atoms with van der Waals surface area (Å²) in [5, 5.41) is 0. The molecule has 0 spiro atoms. The van der Waals surface area contributed by atoms with Gasteiger partial charge in [-0.05, 0) is 63.1 Å². The van der Waals surface area contributed by atoms with Crippen LogP contribution in [0.2, 0.25) is 0 Å². The molecular weight excluding hydrogens is 430 g/mol. The largest absolute Gasteiger partial charge is 0.446 e. The molecule has 1 atom stereocenters. The van der Waals surface area contributed by atoms with Gasteiger partial charge in [0.15, 0.2) is 0 Å². The Morgan fingerprint density at radius 3 is 2.44 bits per heavy atom. The van der Waals surface area contributed by atoms with Gasteiger partial charge in [-0.1, -0.05) is 18.2 Å². The third-order valence-corrected chi connectivity index (χ3v) is 6.47. The maximum Gasteiger partial charge on any atom is 0.414 e. The van der Waals surface area contributed by atoms with E-state index in [0.717, 1.165) is 11.1 Å². The van der Waals surface area contributed by atoms with E-state index in [9.17, 15) is 18.0 Å². The van der Waals surface area contributed by atoms with Crippen molar-refractivity contribution in [2.24, 2.45) is 0 Å². The molecular formula is C23H29N3O5S. The van der Waals surface area contributed by atoms with Gasteiger partial charge >= 0.3 is 6.09 Å². The molecule has 8 nitrogen and oxygen atoms in total. The zero-order chi connectivity index (χ0) is 23.6. The summed E-state index contributed by atoms with van der Waals surface area (Å²) in [4.78, 5) is 28.3. The molecule has 1 aliphatic rings. The molecule has 172 valence electrons.